The van der Waals surface area contributed by atoms with Crippen molar-refractivity contribution in [2.75, 3.05) is 20.3 Å². The summed E-state index contributed by atoms with van der Waals surface area (Å²) in [4.78, 5) is 37.0. The fraction of sp³-hybridized carbons (Fsp3) is 0.200. The number of carbonyl (C=O) groups is 2. The number of rotatable bonds is 6. The number of benzene rings is 2. The second-order valence-electron chi connectivity index (χ2n) is 6.20. The molecule has 1 amide bonds. The number of carbonyl (C=O) groups excluding carboxylic acids is 2. The molecule has 1 atom stereocenters. The molecule has 28 heavy (non-hydrogen) atoms. The van der Waals surface area contributed by atoms with Crippen molar-refractivity contribution in [3.8, 4) is 0 Å². The Hall–Kier alpha value is -3.52. The Bertz CT molecular complexity index is 937. The molecule has 1 fully saturated rings. The number of ether oxygens (including phenoxy) is 1. The number of nitro benzene ring substituents is 1. The highest BCUT2D eigenvalue weighted by Gasteiger charge is 2.45. The van der Waals surface area contributed by atoms with Gasteiger partial charge in [-0.15, -0.1) is 0 Å². The third-order valence-electron chi connectivity index (χ3n) is 4.54. The first-order valence-electron chi connectivity index (χ1n) is 8.52. The molecule has 144 valence electrons. The predicted octanol–water partition coefficient (Wildman–Crippen LogP) is 2.66. The standard InChI is InChI=1S/C20H18N2O6/c1-28-12-11-21-17(13-7-9-15(10-8-13)22(26)27)16(19(24)20(21)25)18(23)14-5-3-2-4-6-14/h2-10,17,23H,11-12H2,1H3/b18-16-. The van der Waals surface area contributed by atoms with E-state index in [9.17, 15) is 24.8 Å². The summed E-state index contributed by atoms with van der Waals surface area (Å²) < 4.78 is 5.03. The topological polar surface area (TPSA) is 110 Å². The fourth-order valence-electron chi connectivity index (χ4n) is 3.18. The summed E-state index contributed by atoms with van der Waals surface area (Å²) in [5, 5.41) is 21.7. The lowest BCUT2D eigenvalue weighted by atomic mass is 9.95. The van der Waals surface area contributed by atoms with Gasteiger partial charge in [-0.25, -0.2) is 0 Å². The van der Waals surface area contributed by atoms with Crippen LogP contribution in [-0.2, 0) is 14.3 Å². The molecule has 8 nitrogen and oxygen atoms in total. The van der Waals surface area contributed by atoms with E-state index in [2.05, 4.69) is 0 Å². The Balaban J connectivity index is 2.14. The second kappa shape index (κ2) is 8.01. The van der Waals surface area contributed by atoms with Gasteiger partial charge in [-0.3, -0.25) is 19.7 Å². The number of ketones is 1. The maximum Gasteiger partial charge on any atom is 0.295 e. The van der Waals surface area contributed by atoms with Gasteiger partial charge in [-0.05, 0) is 17.7 Å². The fourth-order valence-corrected chi connectivity index (χ4v) is 3.18. The van der Waals surface area contributed by atoms with Gasteiger partial charge in [0, 0.05) is 31.4 Å². The van der Waals surface area contributed by atoms with Crippen molar-refractivity contribution in [1.82, 2.24) is 4.90 Å². The van der Waals surface area contributed by atoms with Crippen LogP contribution in [0.25, 0.3) is 5.76 Å². The van der Waals surface area contributed by atoms with E-state index in [1.54, 1.807) is 30.3 Å². The molecule has 2 aromatic carbocycles. The Morgan fingerprint density at radius 2 is 1.79 bits per heavy atom. The first-order chi connectivity index (χ1) is 13.5. The Morgan fingerprint density at radius 1 is 1.14 bits per heavy atom. The average molecular weight is 382 g/mol. The van der Waals surface area contributed by atoms with Gasteiger partial charge in [0.2, 0.25) is 0 Å². The van der Waals surface area contributed by atoms with Crippen molar-refractivity contribution >= 4 is 23.1 Å². The van der Waals surface area contributed by atoms with Gasteiger partial charge in [0.05, 0.1) is 23.1 Å². The lowest BCUT2D eigenvalue weighted by molar-refractivity contribution is -0.384. The van der Waals surface area contributed by atoms with Crippen LogP contribution >= 0.6 is 0 Å². The van der Waals surface area contributed by atoms with Gasteiger partial charge in [0.25, 0.3) is 17.4 Å². The molecule has 0 aromatic heterocycles. The number of methoxy groups -OCH3 is 1. The van der Waals surface area contributed by atoms with Gasteiger partial charge < -0.3 is 14.7 Å². The lowest BCUT2D eigenvalue weighted by Gasteiger charge is -2.25. The first-order valence-corrected chi connectivity index (χ1v) is 8.52. The molecule has 1 aliphatic rings. The quantitative estimate of drug-likeness (QED) is 0.270. The van der Waals surface area contributed by atoms with Crippen LogP contribution < -0.4 is 0 Å². The molecule has 1 unspecified atom stereocenters. The normalized spacial score (nSPS) is 18.5. The van der Waals surface area contributed by atoms with E-state index in [-0.39, 0.29) is 30.2 Å². The van der Waals surface area contributed by atoms with Crippen LogP contribution in [0.3, 0.4) is 0 Å². The molecular weight excluding hydrogens is 364 g/mol. The highest BCUT2D eigenvalue weighted by Crippen LogP contribution is 2.39. The maximum absolute atomic E-state index is 12.7. The summed E-state index contributed by atoms with van der Waals surface area (Å²) in [6, 6.07) is 13.1. The van der Waals surface area contributed by atoms with Crippen LogP contribution in [-0.4, -0.2) is 46.9 Å². The third kappa shape index (κ3) is 3.49. The van der Waals surface area contributed by atoms with E-state index in [4.69, 9.17) is 4.74 Å². The van der Waals surface area contributed by atoms with Crippen LogP contribution in [0, 0.1) is 10.1 Å². The zero-order valence-corrected chi connectivity index (χ0v) is 15.1. The molecule has 1 saturated heterocycles. The number of amides is 1. The van der Waals surface area contributed by atoms with E-state index < -0.39 is 22.7 Å². The van der Waals surface area contributed by atoms with E-state index in [0.717, 1.165) is 0 Å². The van der Waals surface area contributed by atoms with Crippen molar-refractivity contribution in [3.63, 3.8) is 0 Å². The number of hydrogen-bond donors (Lipinski definition) is 1. The smallest absolute Gasteiger partial charge is 0.295 e. The molecule has 8 heteroatoms. The zero-order valence-electron chi connectivity index (χ0n) is 15.1. The minimum Gasteiger partial charge on any atom is -0.507 e. The average Bonchev–Trinajstić information content (AvgIpc) is 2.97. The highest BCUT2D eigenvalue weighted by atomic mass is 16.6. The van der Waals surface area contributed by atoms with E-state index in [0.29, 0.717) is 11.1 Å². The van der Waals surface area contributed by atoms with Gasteiger partial charge in [0.1, 0.15) is 5.76 Å². The van der Waals surface area contributed by atoms with Crippen molar-refractivity contribution in [2.45, 2.75) is 6.04 Å². The number of nitro groups is 1. The summed E-state index contributed by atoms with van der Waals surface area (Å²) in [7, 11) is 1.47. The SMILES string of the molecule is COCCN1C(=O)C(=O)/C(=C(\O)c2ccccc2)C1c1ccc([N+](=O)[O-])cc1. The predicted molar refractivity (Wildman–Crippen MR) is 100 cm³/mol. The van der Waals surface area contributed by atoms with Crippen LogP contribution in [0.2, 0.25) is 0 Å². The molecule has 1 heterocycles. The van der Waals surface area contributed by atoms with Gasteiger partial charge in [-0.2, -0.15) is 0 Å². The van der Waals surface area contributed by atoms with Gasteiger partial charge in [-0.1, -0.05) is 30.3 Å². The maximum atomic E-state index is 12.7. The molecule has 0 spiro atoms. The molecule has 3 rings (SSSR count). The number of nitrogens with zero attached hydrogens (tertiary/aromatic N) is 2. The van der Waals surface area contributed by atoms with Crippen LogP contribution in [0.5, 0.6) is 0 Å². The molecule has 1 aliphatic heterocycles. The monoisotopic (exact) mass is 382 g/mol. The first kappa shape index (κ1) is 19.2. The second-order valence-corrected chi connectivity index (χ2v) is 6.20. The number of aliphatic hydroxyl groups is 1. The van der Waals surface area contributed by atoms with Gasteiger partial charge >= 0.3 is 0 Å². The third-order valence-corrected chi connectivity index (χ3v) is 4.54. The number of aliphatic hydroxyl groups excluding tert-OH is 1. The largest absolute Gasteiger partial charge is 0.507 e. The molecular formula is C20H18N2O6. The Kier molecular flexibility index (Phi) is 5.51. The van der Waals surface area contributed by atoms with Crippen LogP contribution in [0.15, 0.2) is 60.2 Å². The van der Waals surface area contributed by atoms with Crippen LogP contribution in [0.1, 0.15) is 17.2 Å². The number of likely N-dealkylation sites (tertiary alicyclic amines) is 1. The minimum absolute atomic E-state index is 0.0545. The van der Waals surface area contributed by atoms with E-state index in [1.165, 1.54) is 36.3 Å². The number of hydrogen-bond acceptors (Lipinski definition) is 6. The summed E-state index contributed by atoms with van der Waals surface area (Å²) in [6.07, 6.45) is 0. The molecule has 1 N–H and O–H groups in total. The lowest BCUT2D eigenvalue weighted by Crippen LogP contribution is -2.32. The molecule has 0 aliphatic carbocycles. The van der Waals surface area contributed by atoms with E-state index >= 15 is 0 Å². The van der Waals surface area contributed by atoms with E-state index in [1.807, 2.05) is 0 Å². The van der Waals surface area contributed by atoms with Crippen molar-refractivity contribution in [2.24, 2.45) is 0 Å². The highest BCUT2D eigenvalue weighted by molar-refractivity contribution is 6.46. The molecule has 2 aromatic rings. The Labute approximate surface area is 160 Å². The molecule has 0 saturated carbocycles. The summed E-state index contributed by atoms with van der Waals surface area (Å²) in [5.74, 6) is -1.85. The molecule has 0 bridgehead atoms. The summed E-state index contributed by atoms with van der Waals surface area (Å²) in [5.41, 5.74) is 0.722. The zero-order chi connectivity index (χ0) is 20.3. The van der Waals surface area contributed by atoms with Crippen LogP contribution in [0.4, 0.5) is 5.69 Å². The minimum atomic E-state index is -0.865. The summed E-state index contributed by atoms with van der Waals surface area (Å²) in [6.45, 7) is 0.330. The Morgan fingerprint density at radius 3 is 2.36 bits per heavy atom. The number of Topliss-reactive ketones (excluding diaryl/α,β-unsaturated/α-hetero) is 1. The number of non-ortho nitro benzene ring substituents is 1. The van der Waals surface area contributed by atoms with Crippen molar-refractivity contribution < 1.29 is 24.4 Å². The van der Waals surface area contributed by atoms with Crippen molar-refractivity contribution in [1.29, 1.82) is 0 Å². The van der Waals surface area contributed by atoms with Crippen molar-refractivity contribution in [3.05, 3.63) is 81.4 Å². The van der Waals surface area contributed by atoms with Gasteiger partial charge in [0.15, 0.2) is 0 Å². The molecule has 0 radical (unpaired) electrons. The summed E-state index contributed by atoms with van der Waals surface area (Å²) >= 11 is 0.